The maximum Gasteiger partial charge on any atom is 0.355 e. The molecule has 0 amide bonds. The molecule has 0 saturated heterocycles. The summed E-state index contributed by atoms with van der Waals surface area (Å²) in [6, 6.07) is 0. The Morgan fingerprint density at radius 1 is 1.86 bits per heavy atom. The largest absolute Gasteiger partial charge is 0.355 e. The molecule has 3 N–H and O–H groups in total. The molecule has 0 spiro atoms. The lowest BCUT2D eigenvalue weighted by molar-refractivity contribution is -0.232. The SMILES string of the molecule is F.NCC(=O)OO. The zero-order valence-electron chi connectivity index (χ0n) is 3.46. The molecule has 0 heterocycles. The van der Waals surface area contributed by atoms with Crippen LogP contribution in [0.5, 0.6) is 0 Å². The number of rotatable bonds is 1. The lowest BCUT2D eigenvalue weighted by Gasteiger charge is -1.83. The topological polar surface area (TPSA) is 72.6 Å². The van der Waals surface area contributed by atoms with Gasteiger partial charge in [-0.05, 0) is 0 Å². The van der Waals surface area contributed by atoms with Crippen LogP contribution in [0.15, 0.2) is 0 Å². The minimum absolute atomic E-state index is 0. The standard InChI is InChI=1S/C2H5NO3.FH/c3-1-2(4)6-5;/h5H,1,3H2;1H. The lowest BCUT2D eigenvalue weighted by atomic mass is 10.7. The van der Waals surface area contributed by atoms with Crippen LogP contribution in [0.3, 0.4) is 0 Å². The summed E-state index contributed by atoms with van der Waals surface area (Å²) in [5.74, 6) is -0.824. The van der Waals surface area contributed by atoms with Crippen molar-refractivity contribution in [3.63, 3.8) is 0 Å². The summed E-state index contributed by atoms with van der Waals surface area (Å²) in [6.07, 6.45) is 0. The molecule has 44 valence electrons. The van der Waals surface area contributed by atoms with Crippen molar-refractivity contribution < 1.29 is 19.6 Å². The molecule has 0 aliphatic heterocycles. The monoisotopic (exact) mass is 111 g/mol. The number of hydrogen-bond acceptors (Lipinski definition) is 4. The van der Waals surface area contributed by atoms with Crippen molar-refractivity contribution in [2.75, 3.05) is 6.54 Å². The van der Waals surface area contributed by atoms with E-state index in [-0.39, 0.29) is 11.2 Å². The first-order chi connectivity index (χ1) is 2.81. The maximum atomic E-state index is 9.58. The highest BCUT2D eigenvalue weighted by Gasteiger charge is 1.90. The Kier molecular flexibility index (Phi) is 7.28. The van der Waals surface area contributed by atoms with E-state index in [1.54, 1.807) is 0 Å². The van der Waals surface area contributed by atoms with Crippen LogP contribution in [0.2, 0.25) is 0 Å². The summed E-state index contributed by atoms with van der Waals surface area (Å²) in [5, 5.41) is 7.41. The number of halogens is 1. The first-order valence-corrected chi connectivity index (χ1v) is 1.35. The molecule has 0 unspecified atom stereocenters. The van der Waals surface area contributed by atoms with Crippen LogP contribution in [0, 0.1) is 0 Å². The van der Waals surface area contributed by atoms with E-state index >= 15 is 0 Å². The highest BCUT2D eigenvalue weighted by molar-refractivity contribution is 5.70. The Balaban J connectivity index is 0. The van der Waals surface area contributed by atoms with Crippen LogP contribution in [-0.4, -0.2) is 17.8 Å². The molecule has 0 fully saturated rings. The average molecular weight is 111 g/mol. The van der Waals surface area contributed by atoms with Gasteiger partial charge in [0.05, 0.1) is 6.54 Å². The number of carbonyl (C=O) groups excluding carboxylic acids is 1. The molecule has 4 nitrogen and oxygen atoms in total. The fraction of sp³-hybridized carbons (Fsp3) is 0.500. The summed E-state index contributed by atoms with van der Waals surface area (Å²) >= 11 is 0. The van der Waals surface area contributed by atoms with E-state index in [9.17, 15) is 4.79 Å². The van der Waals surface area contributed by atoms with E-state index in [2.05, 4.69) is 10.6 Å². The van der Waals surface area contributed by atoms with E-state index in [4.69, 9.17) is 5.26 Å². The number of nitrogens with two attached hydrogens (primary N) is 1. The van der Waals surface area contributed by atoms with E-state index < -0.39 is 5.97 Å². The van der Waals surface area contributed by atoms with Crippen molar-refractivity contribution >= 4 is 5.97 Å². The predicted molar refractivity (Wildman–Crippen MR) is 20.3 cm³/mol. The molecule has 0 aliphatic rings. The van der Waals surface area contributed by atoms with Crippen LogP contribution in [0.4, 0.5) is 4.70 Å². The van der Waals surface area contributed by atoms with Gasteiger partial charge in [-0.2, -0.15) is 5.26 Å². The van der Waals surface area contributed by atoms with Crippen molar-refractivity contribution in [2.24, 2.45) is 5.73 Å². The first kappa shape index (κ1) is 9.58. The summed E-state index contributed by atoms with van der Waals surface area (Å²) in [5.41, 5.74) is 4.65. The summed E-state index contributed by atoms with van der Waals surface area (Å²) in [6.45, 7) is -0.281. The van der Waals surface area contributed by atoms with E-state index in [1.807, 2.05) is 0 Å². The molecule has 5 heteroatoms. The van der Waals surface area contributed by atoms with Crippen molar-refractivity contribution in [1.29, 1.82) is 0 Å². The van der Waals surface area contributed by atoms with E-state index in [0.29, 0.717) is 0 Å². The average Bonchev–Trinajstić information content (AvgIpc) is 1.65. The predicted octanol–water partition coefficient (Wildman–Crippen LogP) is -0.886. The Morgan fingerprint density at radius 2 is 2.29 bits per heavy atom. The van der Waals surface area contributed by atoms with Gasteiger partial charge in [0.2, 0.25) is 0 Å². The summed E-state index contributed by atoms with van der Waals surface area (Å²) in [7, 11) is 0. The van der Waals surface area contributed by atoms with E-state index in [0.717, 1.165) is 0 Å². The van der Waals surface area contributed by atoms with Crippen molar-refractivity contribution in [3.05, 3.63) is 0 Å². The molecule has 0 bridgehead atoms. The molecule has 0 aromatic heterocycles. The normalized spacial score (nSPS) is 6.57. The molecular formula is C2H6FNO3. The van der Waals surface area contributed by atoms with Gasteiger partial charge in [0, 0.05) is 0 Å². The molecule has 0 rings (SSSR count). The summed E-state index contributed by atoms with van der Waals surface area (Å²) < 4.78 is 0. The Labute approximate surface area is 39.2 Å². The van der Waals surface area contributed by atoms with Gasteiger partial charge in [0.15, 0.2) is 0 Å². The van der Waals surface area contributed by atoms with Gasteiger partial charge in [-0.25, -0.2) is 4.79 Å². The molecule has 0 aromatic carbocycles. The highest BCUT2D eigenvalue weighted by atomic mass is 19.0. The zero-order chi connectivity index (χ0) is 4.99. The molecule has 0 aromatic rings. The van der Waals surface area contributed by atoms with Crippen molar-refractivity contribution in [3.8, 4) is 0 Å². The minimum Gasteiger partial charge on any atom is -0.321 e. The van der Waals surface area contributed by atoms with Crippen LogP contribution >= 0.6 is 0 Å². The second-order valence-corrected chi connectivity index (χ2v) is 0.667. The Hall–Kier alpha value is -0.680. The minimum atomic E-state index is -0.824. The second kappa shape index (κ2) is 5.32. The number of hydrogen-bond donors (Lipinski definition) is 2. The molecule has 0 atom stereocenters. The molecule has 0 aliphatic carbocycles. The molecule has 0 saturated carbocycles. The van der Waals surface area contributed by atoms with Gasteiger partial charge >= 0.3 is 5.97 Å². The third kappa shape index (κ3) is 5.32. The van der Waals surface area contributed by atoms with Crippen molar-refractivity contribution in [1.82, 2.24) is 0 Å². The van der Waals surface area contributed by atoms with Gasteiger partial charge in [-0.1, -0.05) is 0 Å². The van der Waals surface area contributed by atoms with Gasteiger partial charge in [-0.15, -0.1) is 0 Å². The van der Waals surface area contributed by atoms with Crippen molar-refractivity contribution in [2.45, 2.75) is 0 Å². The van der Waals surface area contributed by atoms with Crippen LogP contribution in [0.1, 0.15) is 0 Å². The van der Waals surface area contributed by atoms with E-state index in [1.165, 1.54) is 0 Å². The summed E-state index contributed by atoms with van der Waals surface area (Å²) in [4.78, 5) is 12.7. The fourth-order valence-electron chi connectivity index (χ4n) is 0.0373. The van der Waals surface area contributed by atoms with Crippen LogP contribution < -0.4 is 5.73 Å². The lowest BCUT2D eigenvalue weighted by Crippen LogP contribution is -2.14. The van der Waals surface area contributed by atoms with Crippen LogP contribution in [-0.2, 0) is 9.68 Å². The smallest absolute Gasteiger partial charge is 0.321 e. The molecular weight excluding hydrogens is 105 g/mol. The maximum absolute atomic E-state index is 9.58. The Morgan fingerprint density at radius 3 is 2.29 bits per heavy atom. The second-order valence-electron chi connectivity index (χ2n) is 0.667. The fourth-order valence-corrected chi connectivity index (χ4v) is 0.0373. The first-order valence-electron chi connectivity index (χ1n) is 1.35. The molecule has 7 heavy (non-hydrogen) atoms. The third-order valence-corrected chi connectivity index (χ3v) is 0.268. The van der Waals surface area contributed by atoms with Gasteiger partial charge < -0.3 is 5.73 Å². The Bertz CT molecular complexity index is 50.9. The van der Waals surface area contributed by atoms with Gasteiger partial charge in [0.1, 0.15) is 0 Å². The third-order valence-electron chi connectivity index (χ3n) is 0.268. The number of carbonyl (C=O) groups is 1. The quantitative estimate of drug-likeness (QED) is 0.340. The highest BCUT2D eigenvalue weighted by Crippen LogP contribution is 1.60. The molecule has 0 radical (unpaired) electrons. The van der Waals surface area contributed by atoms with Gasteiger partial charge in [0.25, 0.3) is 0 Å². The van der Waals surface area contributed by atoms with Gasteiger partial charge in [-0.3, -0.25) is 9.59 Å². The van der Waals surface area contributed by atoms with Crippen LogP contribution in [0.25, 0.3) is 0 Å². The zero-order valence-corrected chi connectivity index (χ0v) is 3.46.